The molecule has 0 bridgehead atoms. The van der Waals surface area contributed by atoms with E-state index < -0.39 is 5.92 Å². The van der Waals surface area contributed by atoms with Gasteiger partial charge in [0.15, 0.2) is 12.0 Å². The number of methoxy groups -OCH3 is 1. The van der Waals surface area contributed by atoms with E-state index in [1.807, 2.05) is 0 Å². The second-order valence-electron chi connectivity index (χ2n) is 4.40. The van der Waals surface area contributed by atoms with Crippen molar-refractivity contribution in [3.05, 3.63) is 24.6 Å². The molecule has 2 aromatic rings. The zero-order valence-corrected chi connectivity index (χ0v) is 10.3. The molecule has 0 spiro atoms. The van der Waals surface area contributed by atoms with Crippen molar-refractivity contribution in [3.8, 4) is 0 Å². The summed E-state index contributed by atoms with van der Waals surface area (Å²) in [6.45, 7) is 0.317. The molecule has 6 nitrogen and oxygen atoms in total. The fourth-order valence-corrected chi connectivity index (χ4v) is 2.35. The molecule has 3 rings (SSSR count). The molecule has 1 aromatic heterocycles. The van der Waals surface area contributed by atoms with Crippen molar-refractivity contribution >= 4 is 28.7 Å². The van der Waals surface area contributed by atoms with Crippen molar-refractivity contribution < 1.29 is 18.7 Å². The van der Waals surface area contributed by atoms with Crippen LogP contribution in [0.2, 0.25) is 0 Å². The Bertz CT molecular complexity index is 649. The third kappa shape index (κ3) is 1.85. The van der Waals surface area contributed by atoms with E-state index in [1.54, 1.807) is 23.1 Å². The van der Waals surface area contributed by atoms with E-state index in [-0.39, 0.29) is 18.3 Å². The van der Waals surface area contributed by atoms with Gasteiger partial charge < -0.3 is 14.1 Å². The number of amides is 1. The topological polar surface area (TPSA) is 72.6 Å². The van der Waals surface area contributed by atoms with Gasteiger partial charge in [0.05, 0.1) is 18.7 Å². The summed E-state index contributed by atoms with van der Waals surface area (Å²) >= 11 is 0. The zero-order valence-electron chi connectivity index (χ0n) is 10.3. The maximum atomic E-state index is 12.0. The molecule has 19 heavy (non-hydrogen) atoms. The zero-order chi connectivity index (χ0) is 13.4. The number of ether oxygens (including phenoxy) is 1. The summed E-state index contributed by atoms with van der Waals surface area (Å²) in [7, 11) is 1.33. The smallest absolute Gasteiger partial charge is 0.311 e. The number of benzene rings is 1. The standard InChI is InChI=1S/C13H12N2O4/c1-18-13(17)8-5-11(16)15(6-8)9-3-2-4-10-12(9)14-7-19-10/h2-4,7-8H,5-6H2,1H3. The first-order valence-electron chi connectivity index (χ1n) is 5.91. The fourth-order valence-electron chi connectivity index (χ4n) is 2.35. The summed E-state index contributed by atoms with van der Waals surface area (Å²) in [4.78, 5) is 29.2. The molecule has 1 unspecified atom stereocenters. The normalized spacial score (nSPS) is 19.1. The lowest BCUT2D eigenvalue weighted by Gasteiger charge is -2.16. The molecule has 1 aromatic carbocycles. The monoisotopic (exact) mass is 260 g/mol. The van der Waals surface area contributed by atoms with Gasteiger partial charge in [0, 0.05) is 13.0 Å². The molecule has 1 aliphatic heterocycles. The predicted octanol–water partition coefficient (Wildman–Crippen LogP) is 1.35. The van der Waals surface area contributed by atoms with Crippen LogP contribution >= 0.6 is 0 Å². The fraction of sp³-hybridized carbons (Fsp3) is 0.308. The second-order valence-corrected chi connectivity index (χ2v) is 4.40. The number of aromatic nitrogens is 1. The molecule has 1 fully saturated rings. The van der Waals surface area contributed by atoms with E-state index in [0.717, 1.165) is 0 Å². The van der Waals surface area contributed by atoms with Gasteiger partial charge in [-0.3, -0.25) is 9.59 Å². The van der Waals surface area contributed by atoms with Gasteiger partial charge in [0.2, 0.25) is 5.91 Å². The summed E-state index contributed by atoms with van der Waals surface area (Å²) < 4.78 is 9.90. The molecule has 1 atom stereocenters. The molecule has 1 saturated heterocycles. The van der Waals surface area contributed by atoms with Crippen molar-refractivity contribution in [2.45, 2.75) is 6.42 Å². The van der Waals surface area contributed by atoms with E-state index >= 15 is 0 Å². The van der Waals surface area contributed by atoms with Crippen molar-refractivity contribution in [2.24, 2.45) is 5.92 Å². The molecule has 6 heteroatoms. The number of esters is 1. The number of hydrogen-bond acceptors (Lipinski definition) is 5. The van der Waals surface area contributed by atoms with Crippen molar-refractivity contribution in [1.29, 1.82) is 0 Å². The predicted molar refractivity (Wildman–Crippen MR) is 66.5 cm³/mol. The molecule has 0 saturated carbocycles. The molecule has 1 aliphatic rings. The van der Waals surface area contributed by atoms with Crippen molar-refractivity contribution in [1.82, 2.24) is 4.98 Å². The van der Waals surface area contributed by atoms with Crippen LogP contribution in [-0.2, 0) is 14.3 Å². The molecule has 0 N–H and O–H groups in total. The van der Waals surface area contributed by atoms with E-state index in [0.29, 0.717) is 23.3 Å². The molecule has 98 valence electrons. The maximum absolute atomic E-state index is 12.0. The van der Waals surface area contributed by atoms with Crippen molar-refractivity contribution in [3.63, 3.8) is 0 Å². The number of hydrogen-bond donors (Lipinski definition) is 0. The Kier molecular flexibility index (Phi) is 2.70. The Morgan fingerprint density at radius 1 is 1.53 bits per heavy atom. The first kappa shape index (κ1) is 11.7. The molecule has 0 radical (unpaired) electrons. The van der Waals surface area contributed by atoms with Crippen LogP contribution in [-0.4, -0.2) is 30.5 Å². The quantitative estimate of drug-likeness (QED) is 0.762. The third-order valence-corrected chi connectivity index (χ3v) is 3.29. The molecule has 2 heterocycles. The summed E-state index contributed by atoms with van der Waals surface area (Å²) in [6.07, 6.45) is 1.51. The van der Waals surface area contributed by atoms with Crippen LogP contribution in [0.25, 0.3) is 11.1 Å². The van der Waals surface area contributed by atoms with Crippen LogP contribution in [0.4, 0.5) is 5.69 Å². The lowest BCUT2D eigenvalue weighted by molar-refractivity contribution is -0.145. The molecular weight excluding hydrogens is 248 g/mol. The summed E-state index contributed by atoms with van der Waals surface area (Å²) in [5, 5.41) is 0. The Morgan fingerprint density at radius 2 is 2.37 bits per heavy atom. The van der Waals surface area contributed by atoms with Crippen LogP contribution in [0.1, 0.15) is 6.42 Å². The Labute approximate surface area is 109 Å². The van der Waals surface area contributed by atoms with Gasteiger partial charge in [-0.2, -0.15) is 0 Å². The Morgan fingerprint density at radius 3 is 3.16 bits per heavy atom. The average molecular weight is 260 g/mol. The highest BCUT2D eigenvalue weighted by Gasteiger charge is 2.36. The van der Waals surface area contributed by atoms with E-state index in [9.17, 15) is 9.59 Å². The third-order valence-electron chi connectivity index (χ3n) is 3.29. The van der Waals surface area contributed by atoms with Gasteiger partial charge in [-0.25, -0.2) is 4.98 Å². The van der Waals surface area contributed by atoms with Crippen LogP contribution < -0.4 is 4.90 Å². The minimum absolute atomic E-state index is 0.106. The molecule has 1 amide bonds. The summed E-state index contributed by atoms with van der Waals surface area (Å²) in [6, 6.07) is 5.37. The summed E-state index contributed by atoms with van der Waals surface area (Å²) in [5.41, 5.74) is 1.91. The Hall–Kier alpha value is -2.37. The summed E-state index contributed by atoms with van der Waals surface area (Å²) in [5.74, 6) is -0.881. The highest BCUT2D eigenvalue weighted by atomic mass is 16.5. The van der Waals surface area contributed by atoms with E-state index in [2.05, 4.69) is 9.72 Å². The SMILES string of the molecule is COC(=O)C1CC(=O)N(c2cccc3ocnc23)C1. The largest absolute Gasteiger partial charge is 0.469 e. The lowest BCUT2D eigenvalue weighted by Crippen LogP contribution is -2.26. The molecular formula is C13H12N2O4. The van der Waals surface area contributed by atoms with Gasteiger partial charge in [0.25, 0.3) is 0 Å². The van der Waals surface area contributed by atoms with E-state index in [4.69, 9.17) is 4.42 Å². The number of oxazole rings is 1. The highest BCUT2D eigenvalue weighted by Crippen LogP contribution is 2.31. The number of carbonyl (C=O) groups excluding carboxylic acids is 2. The number of carbonyl (C=O) groups is 2. The van der Waals surface area contributed by atoms with Crippen LogP contribution in [0.15, 0.2) is 29.0 Å². The van der Waals surface area contributed by atoms with Gasteiger partial charge >= 0.3 is 5.97 Å². The number of anilines is 1. The minimum Gasteiger partial charge on any atom is -0.469 e. The lowest BCUT2D eigenvalue weighted by atomic mass is 10.1. The average Bonchev–Trinajstić information content (AvgIpc) is 3.03. The van der Waals surface area contributed by atoms with Gasteiger partial charge in [-0.1, -0.05) is 6.07 Å². The van der Waals surface area contributed by atoms with Crippen LogP contribution in [0.3, 0.4) is 0 Å². The number of rotatable bonds is 2. The van der Waals surface area contributed by atoms with Crippen LogP contribution in [0, 0.1) is 5.92 Å². The van der Waals surface area contributed by atoms with Gasteiger partial charge in [0.1, 0.15) is 5.52 Å². The van der Waals surface area contributed by atoms with Gasteiger partial charge in [-0.05, 0) is 12.1 Å². The van der Waals surface area contributed by atoms with Crippen LogP contribution in [0.5, 0.6) is 0 Å². The first-order valence-corrected chi connectivity index (χ1v) is 5.91. The number of fused-ring (bicyclic) bond motifs is 1. The molecule has 0 aliphatic carbocycles. The first-order chi connectivity index (χ1) is 9.20. The van der Waals surface area contributed by atoms with E-state index in [1.165, 1.54) is 13.5 Å². The maximum Gasteiger partial charge on any atom is 0.311 e. The Balaban J connectivity index is 1.96. The van der Waals surface area contributed by atoms with Crippen molar-refractivity contribution in [2.75, 3.05) is 18.6 Å². The minimum atomic E-state index is -0.417. The highest BCUT2D eigenvalue weighted by molar-refractivity contribution is 6.04. The number of nitrogens with zero attached hydrogens (tertiary/aromatic N) is 2. The van der Waals surface area contributed by atoms with Gasteiger partial charge in [-0.15, -0.1) is 0 Å². The number of para-hydroxylation sites is 1. The second kappa shape index (κ2) is 4.38.